The maximum Gasteiger partial charge on any atom is 0.411 e. The van der Waals surface area contributed by atoms with Crippen molar-refractivity contribution in [3.63, 3.8) is 0 Å². The van der Waals surface area contributed by atoms with E-state index in [1.54, 1.807) is 30.3 Å². The first-order valence-electron chi connectivity index (χ1n) is 8.09. The van der Waals surface area contributed by atoms with Gasteiger partial charge in [-0.05, 0) is 29.7 Å². The second-order valence-electron chi connectivity index (χ2n) is 5.76. The highest BCUT2D eigenvalue weighted by Gasteiger charge is 2.32. The zero-order valence-electron chi connectivity index (χ0n) is 14.2. The summed E-state index contributed by atoms with van der Waals surface area (Å²) in [5.41, 5.74) is 1.25. The molecule has 1 atom stereocenters. The van der Waals surface area contributed by atoms with Crippen molar-refractivity contribution in [1.29, 1.82) is 0 Å². The van der Waals surface area contributed by atoms with E-state index < -0.39 is 30.8 Å². The van der Waals surface area contributed by atoms with Crippen LogP contribution in [0.15, 0.2) is 54.6 Å². The molecule has 0 radical (unpaired) electrons. The number of carbonyl (C=O) groups excluding carboxylic acids is 1. The second kappa shape index (κ2) is 9.18. The van der Waals surface area contributed by atoms with Gasteiger partial charge in [0.15, 0.2) is 6.10 Å². The summed E-state index contributed by atoms with van der Waals surface area (Å²) >= 11 is 0. The molecule has 0 spiro atoms. The molecule has 2 rings (SSSR count). The van der Waals surface area contributed by atoms with Crippen LogP contribution in [0.3, 0.4) is 0 Å². The Hall–Kier alpha value is -2.87. The van der Waals surface area contributed by atoms with Gasteiger partial charge in [0.1, 0.15) is 6.61 Å². The van der Waals surface area contributed by atoms with Gasteiger partial charge in [-0.15, -0.1) is 0 Å². The molecule has 0 saturated carbocycles. The van der Waals surface area contributed by atoms with Gasteiger partial charge in [0, 0.05) is 6.54 Å². The second-order valence-corrected chi connectivity index (χ2v) is 5.76. The molecule has 0 aliphatic carbocycles. The van der Waals surface area contributed by atoms with Crippen LogP contribution in [-0.2, 0) is 16.0 Å². The molecule has 0 aromatic heterocycles. The van der Waals surface area contributed by atoms with Crippen LogP contribution in [-0.4, -0.2) is 36.3 Å². The van der Waals surface area contributed by atoms with Crippen LogP contribution in [0.4, 0.5) is 13.2 Å². The van der Waals surface area contributed by atoms with Crippen molar-refractivity contribution in [3.05, 3.63) is 71.3 Å². The largest absolute Gasteiger partial charge is 0.478 e. The predicted octanol–water partition coefficient (Wildman–Crippen LogP) is 3.36. The van der Waals surface area contributed by atoms with Gasteiger partial charge in [0.05, 0.1) is 5.56 Å². The smallest absolute Gasteiger partial charge is 0.411 e. The highest BCUT2D eigenvalue weighted by Crippen LogP contribution is 2.22. The summed E-state index contributed by atoms with van der Waals surface area (Å²) in [7, 11) is 0. The van der Waals surface area contributed by atoms with E-state index >= 15 is 0 Å². The van der Waals surface area contributed by atoms with E-state index in [1.807, 2.05) is 0 Å². The highest BCUT2D eigenvalue weighted by molar-refractivity contribution is 5.87. The third-order valence-electron chi connectivity index (χ3n) is 3.67. The van der Waals surface area contributed by atoms with Crippen LogP contribution in [0.25, 0.3) is 0 Å². The molecule has 0 saturated heterocycles. The summed E-state index contributed by atoms with van der Waals surface area (Å²) in [4.78, 5) is 23.1. The van der Waals surface area contributed by atoms with E-state index in [1.165, 1.54) is 24.3 Å². The van der Waals surface area contributed by atoms with Gasteiger partial charge in [-0.25, -0.2) is 4.79 Å². The molecule has 5 nitrogen and oxygen atoms in total. The first-order chi connectivity index (χ1) is 12.8. The van der Waals surface area contributed by atoms with Gasteiger partial charge < -0.3 is 15.2 Å². The summed E-state index contributed by atoms with van der Waals surface area (Å²) in [6.45, 7) is -1.36. The SMILES string of the molecule is O=C(O)c1ccc(CCNC(=O)[C@H](OCC(F)(F)F)c2ccccc2)cc1. The van der Waals surface area contributed by atoms with E-state index in [9.17, 15) is 22.8 Å². The summed E-state index contributed by atoms with van der Waals surface area (Å²) in [5, 5.41) is 11.4. The standard InChI is InChI=1S/C19H18F3NO4/c20-19(21,22)12-27-16(14-4-2-1-3-5-14)17(24)23-11-10-13-6-8-15(9-7-13)18(25)26/h1-9,16H,10-12H2,(H,23,24)(H,25,26)/t16-/m1/s1. The van der Waals surface area contributed by atoms with E-state index in [0.717, 1.165) is 5.56 Å². The third-order valence-corrected chi connectivity index (χ3v) is 3.67. The number of aromatic carboxylic acids is 1. The van der Waals surface area contributed by atoms with Crippen molar-refractivity contribution < 1.29 is 32.6 Å². The lowest BCUT2D eigenvalue weighted by Gasteiger charge is -2.19. The Morgan fingerprint density at radius 1 is 1.04 bits per heavy atom. The van der Waals surface area contributed by atoms with Gasteiger partial charge >= 0.3 is 12.1 Å². The average Bonchev–Trinajstić information content (AvgIpc) is 2.62. The molecule has 0 aliphatic rings. The Morgan fingerprint density at radius 3 is 2.22 bits per heavy atom. The lowest BCUT2D eigenvalue weighted by molar-refractivity contribution is -0.188. The van der Waals surface area contributed by atoms with Crippen LogP contribution >= 0.6 is 0 Å². The maximum absolute atomic E-state index is 12.5. The molecule has 0 heterocycles. The topological polar surface area (TPSA) is 75.6 Å². The molecule has 8 heteroatoms. The minimum atomic E-state index is -4.54. The Kier molecular flexibility index (Phi) is 6.95. The normalized spacial score (nSPS) is 12.4. The predicted molar refractivity (Wildman–Crippen MR) is 91.3 cm³/mol. The lowest BCUT2D eigenvalue weighted by Crippen LogP contribution is -2.34. The number of amides is 1. The van der Waals surface area contributed by atoms with Crippen LogP contribution in [0.2, 0.25) is 0 Å². The molecule has 1 amide bonds. The van der Waals surface area contributed by atoms with Crippen molar-refractivity contribution in [2.24, 2.45) is 0 Å². The monoisotopic (exact) mass is 381 g/mol. The van der Waals surface area contributed by atoms with Crippen LogP contribution < -0.4 is 5.32 Å². The minimum Gasteiger partial charge on any atom is -0.478 e. The van der Waals surface area contributed by atoms with Gasteiger partial charge in [-0.1, -0.05) is 42.5 Å². The molecule has 0 aliphatic heterocycles. The van der Waals surface area contributed by atoms with Gasteiger partial charge in [-0.2, -0.15) is 13.2 Å². The number of benzene rings is 2. The first-order valence-corrected chi connectivity index (χ1v) is 8.09. The quantitative estimate of drug-likeness (QED) is 0.735. The molecule has 27 heavy (non-hydrogen) atoms. The van der Waals surface area contributed by atoms with Crippen molar-refractivity contribution in [2.45, 2.75) is 18.7 Å². The highest BCUT2D eigenvalue weighted by atomic mass is 19.4. The van der Waals surface area contributed by atoms with Crippen LogP contribution in [0.1, 0.15) is 27.6 Å². The third kappa shape index (κ3) is 6.74. The molecular weight excluding hydrogens is 363 g/mol. The molecule has 144 valence electrons. The molecule has 0 unspecified atom stereocenters. The fourth-order valence-corrected chi connectivity index (χ4v) is 2.37. The molecule has 2 N–H and O–H groups in total. The van der Waals surface area contributed by atoms with E-state index in [4.69, 9.17) is 9.84 Å². The Bertz CT molecular complexity index is 761. The fraction of sp³-hybridized carbons (Fsp3) is 0.263. The Balaban J connectivity index is 1.95. The fourth-order valence-electron chi connectivity index (χ4n) is 2.37. The zero-order valence-corrected chi connectivity index (χ0v) is 14.2. The van der Waals surface area contributed by atoms with Crippen molar-refractivity contribution in [2.75, 3.05) is 13.2 Å². The molecule has 2 aromatic carbocycles. The number of carboxylic acids is 1. The first kappa shape index (κ1) is 20.4. The van der Waals surface area contributed by atoms with Crippen molar-refractivity contribution in [1.82, 2.24) is 5.32 Å². The molecule has 2 aromatic rings. The zero-order chi connectivity index (χ0) is 19.9. The van der Waals surface area contributed by atoms with Gasteiger partial charge in [0.25, 0.3) is 5.91 Å². The average molecular weight is 381 g/mol. The van der Waals surface area contributed by atoms with E-state index in [-0.39, 0.29) is 12.1 Å². The maximum atomic E-state index is 12.5. The minimum absolute atomic E-state index is 0.146. The van der Waals surface area contributed by atoms with E-state index in [2.05, 4.69) is 5.32 Å². The van der Waals surface area contributed by atoms with Gasteiger partial charge in [-0.3, -0.25) is 4.79 Å². The van der Waals surface area contributed by atoms with Gasteiger partial charge in [0.2, 0.25) is 0 Å². The van der Waals surface area contributed by atoms with Crippen LogP contribution in [0, 0.1) is 0 Å². The number of hydrogen-bond donors (Lipinski definition) is 2. The van der Waals surface area contributed by atoms with Crippen molar-refractivity contribution >= 4 is 11.9 Å². The number of rotatable bonds is 8. The Labute approximate surface area is 153 Å². The molecule has 0 fully saturated rings. The lowest BCUT2D eigenvalue weighted by atomic mass is 10.1. The summed E-state index contributed by atoms with van der Waals surface area (Å²) < 4.78 is 42.2. The number of hydrogen-bond acceptors (Lipinski definition) is 3. The summed E-state index contributed by atoms with van der Waals surface area (Å²) in [5.74, 6) is -1.71. The molecular formula is C19H18F3NO4. The number of halogens is 3. The number of carboxylic acid groups (broad SMARTS) is 1. The Morgan fingerprint density at radius 2 is 1.67 bits per heavy atom. The number of alkyl halides is 3. The van der Waals surface area contributed by atoms with E-state index in [0.29, 0.717) is 12.0 Å². The number of ether oxygens (including phenoxy) is 1. The van der Waals surface area contributed by atoms with Crippen LogP contribution in [0.5, 0.6) is 0 Å². The van der Waals surface area contributed by atoms with Crippen molar-refractivity contribution in [3.8, 4) is 0 Å². The number of carbonyl (C=O) groups is 2. The summed E-state index contributed by atoms with van der Waals surface area (Å²) in [6, 6.07) is 14.1. The number of nitrogens with one attached hydrogen (secondary N) is 1. The summed E-state index contributed by atoms with van der Waals surface area (Å²) in [6.07, 6.45) is -5.52. The molecule has 0 bridgehead atoms.